The maximum atomic E-state index is 13.4. The Kier molecular flexibility index (Phi) is 3.70. The third-order valence-corrected chi connectivity index (χ3v) is 2.43. The molecule has 0 fully saturated rings. The molecule has 0 aromatic heterocycles. The summed E-state index contributed by atoms with van der Waals surface area (Å²) in [7, 11) is 1.80. The quantitative estimate of drug-likeness (QED) is 0.792. The van der Waals surface area contributed by atoms with Gasteiger partial charge in [-0.25, -0.2) is 4.39 Å². The summed E-state index contributed by atoms with van der Waals surface area (Å²) in [5.74, 6) is -0.242. The van der Waals surface area contributed by atoms with E-state index >= 15 is 0 Å². The average Bonchev–Trinajstić information content (AvgIpc) is 2.11. The summed E-state index contributed by atoms with van der Waals surface area (Å²) in [6.07, 6.45) is 0.817. The molecule has 0 aliphatic rings. The Balaban J connectivity index is 3.10. The molecule has 3 heteroatoms. The van der Waals surface area contributed by atoms with E-state index in [0.29, 0.717) is 10.6 Å². The lowest BCUT2D eigenvalue weighted by atomic mass is 10.0. The second kappa shape index (κ2) is 4.58. The van der Waals surface area contributed by atoms with E-state index in [0.717, 1.165) is 6.42 Å². The highest BCUT2D eigenvalue weighted by atomic mass is 35.5. The Hall–Kier alpha value is -0.600. The molecule has 1 rings (SSSR count). The highest BCUT2D eigenvalue weighted by molar-refractivity contribution is 6.31. The van der Waals surface area contributed by atoms with Crippen molar-refractivity contribution in [1.82, 2.24) is 5.32 Å². The van der Waals surface area contributed by atoms with E-state index in [1.54, 1.807) is 19.2 Å². The Morgan fingerprint density at radius 2 is 2.23 bits per heavy atom. The first-order valence-corrected chi connectivity index (χ1v) is 4.69. The first kappa shape index (κ1) is 10.5. The summed E-state index contributed by atoms with van der Waals surface area (Å²) in [5.41, 5.74) is 0.564. The van der Waals surface area contributed by atoms with E-state index in [2.05, 4.69) is 5.32 Å². The summed E-state index contributed by atoms with van der Waals surface area (Å²) in [6.45, 7) is 1.99. The third kappa shape index (κ3) is 2.20. The van der Waals surface area contributed by atoms with Crippen molar-refractivity contribution in [2.75, 3.05) is 7.05 Å². The molecule has 0 saturated heterocycles. The van der Waals surface area contributed by atoms with Crippen molar-refractivity contribution in [2.24, 2.45) is 0 Å². The molecule has 0 spiro atoms. The van der Waals surface area contributed by atoms with Crippen LogP contribution in [0.3, 0.4) is 0 Å². The van der Waals surface area contributed by atoms with Gasteiger partial charge >= 0.3 is 0 Å². The largest absolute Gasteiger partial charge is 0.313 e. The second-order valence-corrected chi connectivity index (χ2v) is 3.29. The molecule has 1 aromatic carbocycles. The van der Waals surface area contributed by atoms with Gasteiger partial charge in [0.05, 0.1) is 0 Å². The minimum atomic E-state index is -0.242. The Bertz CT molecular complexity index is 264. The van der Waals surface area contributed by atoms with Gasteiger partial charge in [0.15, 0.2) is 0 Å². The van der Waals surface area contributed by atoms with Crippen LogP contribution in [-0.4, -0.2) is 7.05 Å². The van der Waals surface area contributed by atoms with Gasteiger partial charge in [-0.3, -0.25) is 0 Å². The molecule has 13 heavy (non-hydrogen) atoms. The third-order valence-electron chi connectivity index (χ3n) is 2.10. The normalized spacial score (nSPS) is 12.9. The van der Waals surface area contributed by atoms with Crippen LogP contribution in [0.5, 0.6) is 0 Å². The van der Waals surface area contributed by atoms with E-state index in [9.17, 15) is 4.39 Å². The van der Waals surface area contributed by atoms with Crippen molar-refractivity contribution in [1.29, 1.82) is 0 Å². The van der Waals surface area contributed by atoms with Crippen molar-refractivity contribution in [3.8, 4) is 0 Å². The Morgan fingerprint density at radius 1 is 1.54 bits per heavy atom. The lowest BCUT2D eigenvalue weighted by Gasteiger charge is -2.16. The maximum absolute atomic E-state index is 13.4. The molecular formula is C10H13ClFN. The van der Waals surface area contributed by atoms with E-state index in [1.807, 2.05) is 6.92 Å². The molecule has 1 atom stereocenters. The van der Waals surface area contributed by atoms with Crippen molar-refractivity contribution < 1.29 is 4.39 Å². The van der Waals surface area contributed by atoms with Gasteiger partial charge < -0.3 is 5.32 Å². The zero-order chi connectivity index (χ0) is 9.84. The van der Waals surface area contributed by atoms with Crippen LogP contribution in [0, 0.1) is 5.82 Å². The van der Waals surface area contributed by atoms with Gasteiger partial charge in [-0.15, -0.1) is 0 Å². The number of nitrogens with one attached hydrogen (secondary N) is 1. The van der Waals surface area contributed by atoms with E-state index in [4.69, 9.17) is 11.6 Å². The summed E-state index contributed by atoms with van der Waals surface area (Å²) in [6, 6.07) is 4.75. The lowest BCUT2D eigenvalue weighted by Crippen LogP contribution is -2.17. The minimum absolute atomic E-state index is 0.00583. The fourth-order valence-corrected chi connectivity index (χ4v) is 1.69. The van der Waals surface area contributed by atoms with Crippen molar-refractivity contribution in [3.63, 3.8) is 0 Å². The van der Waals surface area contributed by atoms with E-state index in [-0.39, 0.29) is 11.9 Å². The number of rotatable bonds is 3. The zero-order valence-electron chi connectivity index (χ0n) is 7.77. The maximum Gasteiger partial charge on any atom is 0.129 e. The molecule has 72 valence electrons. The van der Waals surface area contributed by atoms with Crippen molar-refractivity contribution in [2.45, 2.75) is 19.4 Å². The standard InChI is InChI=1S/C10H13ClFN/c1-3-9(13-2)10-7(11)5-4-6-8(10)12/h4-6,9,13H,3H2,1-2H3. The average molecular weight is 202 g/mol. The molecule has 1 N–H and O–H groups in total. The number of hydrogen-bond acceptors (Lipinski definition) is 1. The molecule has 0 heterocycles. The number of halogens is 2. The second-order valence-electron chi connectivity index (χ2n) is 2.88. The molecule has 0 radical (unpaired) electrons. The van der Waals surface area contributed by atoms with Gasteiger partial charge in [0.25, 0.3) is 0 Å². The van der Waals surface area contributed by atoms with Crippen LogP contribution in [0.4, 0.5) is 4.39 Å². The van der Waals surface area contributed by atoms with E-state index in [1.165, 1.54) is 6.07 Å². The minimum Gasteiger partial charge on any atom is -0.313 e. The summed E-state index contributed by atoms with van der Waals surface area (Å²) in [5, 5.41) is 3.51. The predicted molar refractivity (Wildman–Crippen MR) is 53.5 cm³/mol. The molecule has 0 aliphatic heterocycles. The summed E-state index contributed by atoms with van der Waals surface area (Å²) >= 11 is 5.90. The van der Waals surface area contributed by atoms with Crippen LogP contribution >= 0.6 is 11.6 Å². The summed E-state index contributed by atoms with van der Waals surface area (Å²) in [4.78, 5) is 0. The highest BCUT2D eigenvalue weighted by Gasteiger charge is 2.14. The topological polar surface area (TPSA) is 12.0 Å². The van der Waals surface area contributed by atoms with Gasteiger partial charge in [0, 0.05) is 16.6 Å². The first-order chi connectivity index (χ1) is 6.20. The molecule has 0 amide bonds. The molecule has 1 nitrogen and oxygen atoms in total. The van der Waals surface area contributed by atoms with Gasteiger partial charge in [-0.2, -0.15) is 0 Å². The first-order valence-electron chi connectivity index (χ1n) is 4.31. The lowest BCUT2D eigenvalue weighted by molar-refractivity contribution is 0.525. The van der Waals surface area contributed by atoms with Crippen molar-refractivity contribution in [3.05, 3.63) is 34.6 Å². The van der Waals surface area contributed by atoms with Crippen LogP contribution in [0.2, 0.25) is 5.02 Å². The number of hydrogen-bond donors (Lipinski definition) is 1. The van der Waals surface area contributed by atoms with Gasteiger partial charge in [-0.05, 0) is 25.6 Å². The fraction of sp³-hybridized carbons (Fsp3) is 0.400. The van der Waals surface area contributed by atoms with Crippen LogP contribution in [-0.2, 0) is 0 Å². The fourth-order valence-electron chi connectivity index (χ4n) is 1.40. The molecule has 1 aromatic rings. The Labute approximate surface area is 82.9 Å². The molecular weight excluding hydrogens is 189 g/mol. The van der Waals surface area contributed by atoms with Crippen LogP contribution in [0.1, 0.15) is 24.9 Å². The van der Waals surface area contributed by atoms with Crippen LogP contribution in [0.15, 0.2) is 18.2 Å². The molecule has 1 unspecified atom stereocenters. The monoisotopic (exact) mass is 201 g/mol. The highest BCUT2D eigenvalue weighted by Crippen LogP contribution is 2.27. The SMILES string of the molecule is CCC(NC)c1c(F)cccc1Cl. The van der Waals surface area contributed by atoms with Gasteiger partial charge in [0.1, 0.15) is 5.82 Å². The summed E-state index contributed by atoms with van der Waals surface area (Å²) < 4.78 is 13.4. The van der Waals surface area contributed by atoms with Crippen molar-refractivity contribution >= 4 is 11.6 Å². The van der Waals surface area contributed by atoms with Crippen LogP contribution in [0.25, 0.3) is 0 Å². The molecule has 0 bridgehead atoms. The van der Waals surface area contributed by atoms with Crippen LogP contribution < -0.4 is 5.32 Å². The number of benzene rings is 1. The van der Waals surface area contributed by atoms with E-state index < -0.39 is 0 Å². The molecule has 0 saturated carbocycles. The van der Waals surface area contributed by atoms with Gasteiger partial charge in [0.2, 0.25) is 0 Å². The zero-order valence-corrected chi connectivity index (χ0v) is 8.53. The Morgan fingerprint density at radius 3 is 2.69 bits per heavy atom. The van der Waals surface area contributed by atoms with Gasteiger partial charge in [-0.1, -0.05) is 24.6 Å². The molecule has 0 aliphatic carbocycles. The smallest absolute Gasteiger partial charge is 0.129 e. The predicted octanol–water partition coefficient (Wildman–Crippen LogP) is 3.15.